The van der Waals surface area contributed by atoms with Crippen LogP contribution in [0.5, 0.6) is 46.0 Å². The van der Waals surface area contributed by atoms with Crippen LogP contribution in [0.1, 0.15) is 129 Å². The van der Waals surface area contributed by atoms with Crippen molar-refractivity contribution < 1.29 is 108 Å². The predicted octanol–water partition coefficient (Wildman–Crippen LogP) is 1.43. The highest BCUT2D eigenvalue weighted by atomic mass is 35.5. The summed E-state index contributed by atoms with van der Waals surface area (Å²) in [5.74, 6) is -14.1. The third-order valence-corrected chi connectivity index (χ3v) is 18.6. The first-order chi connectivity index (χ1) is 50.4. The highest BCUT2D eigenvalue weighted by Gasteiger charge is 2.47. The van der Waals surface area contributed by atoms with Gasteiger partial charge >= 0.3 is 6.03 Å². The van der Waals surface area contributed by atoms with E-state index in [1.165, 1.54) is 44.3 Å². The number of unbranched alkanes of at least 4 members (excludes halogenated alkanes) is 3. The number of fused-ring (bicyclic) bond motifs is 15. The number of nitrogens with one attached hydrogen (secondary N) is 10. The van der Waals surface area contributed by atoms with Gasteiger partial charge in [0.1, 0.15) is 102 Å². The maximum absolute atomic E-state index is 16.2. The van der Waals surface area contributed by atoms with Gasteiger partial charge in [-0.05, 0) is 148 Å². The number of carbonyl (C=O) groups is 9. The van der Waals surface area contributed by atoms with Gasteiger partial charge in [-0.1, -0.05) is 69.8 Å². The molecule has 1 fully saturated rings. The standard InChI is InChI=1S/C72H90ClN11O22/c1-8-9-10-11-19-76-72(102)78-51(89)30-43-65(96)79-54-37-26-48(103-46-17-14-35(23-33(46)4)58(90)56(69(100)77-43)82-64(95)42(74-5)22-32(2)3)63(106-71-62(94)61(93)60(92)50(31-85)105-71)49(27-37)104-47-18-15-36(25-41(47)73)59(91)57-70(101)81-55(66(97)75-20-12-21-84(6)7)40-28-38(86)29-45(88)52(40)39-24-34(13-16-44(39)87)53(67(98)83-57)80-68(54)99/h13-18,23-29,32,42-43,50,53-62,71,74,85-88,90-94H,8-12,19-22,30-31H2,1-7H3,(H,75,97)(H,77,100)(H,79,96)(H,80,99)(H,81,101)(H,82,95)(H,83,98)(H2,76,78,89,102)/t42-,43+,50-,53-,54-,55+,56-,57+,58-,59-,60-,61+,62-,71+/m1/s1. The maximum Gasteiger partial charge on any atom is 0.321 e. The minimum absolute atomic E-state index is 0.0126. The van der Waals surface area contributed by atoms with Crippen LogP contribution < -0.4 is 67.4 Å². The van der Waals surface area contributed by atoms with Crippen molar-refractivity contribution >= 4 is 64.9 Å². The number of imide groups is 1. The van der Waals surface area contributed by atoms with Crippen LogP contribution in [0.25, 0.3) is 11.1 Å². The topological polar surface area (TPSA) is 496 Å². The van der Waals surface area contributed by atoms with Crippen LogP contribution in [-0.2, 0) is 43.1 Å². The van der Waals surface area contributed by atoms with Crippen molar-refractivity contribution in [3.05, 3.63) is 117 Å². The first-order valence-electron chi connectivity index (χ1n) is 34.6. The molecule has 6 aliphatic heterocycles. The summed E-state index contributed by atoms with van der Waals surface area (Å²) in [5, 5.41) is 129. The van der Waals surface area contributed by atoms with Gasteiger partial charge in [0.25, 0.3) is 0 Å². The second kappa shape index (κ2) is 35.4. The molecule has 34 heteroatoms. The van der Waals surface area contributed by atoms with E-state index in [1.807, 2.05) is 25.7 Å². The first kappa shape index (κ1) is 80.2. The van der Waals surface area contributed by atoms with Gasteiger partial charge in [0.2, 0.25) is 59.3 Å². The monoisotopic (exact) mass is 1500 g/mol. The smallest absolute Gasteiger partial charge is 0.321 e. The van der Waals surface area contributed by atoms with Gasteiger partial charge < -0.3 is 118 Å². The van der Waals surface area contributed by atoms with Crippen LogP contribution in [0.4, 0.5) is 4.79 Å². The summed E-state index contributed by atoms with van der Waals surface area (Å²) in [6, 6.07) is -0.0813. The average Bonchev–Trinajstić information content (AvgIpc) is 0.770. The van der Waals surface area contributed by atoms with E-state index in [0.29, 0.717) is 19.4 Å². The Labute approximate surface area is 614 Å². The SMILES string of the molecule is CCCCCCNC(=O)NC(=O)C[C@@H]1NC(=O)[C@H](NC(=O)[C@@H](CC(C)C)NC)[C@H](O)c2ccc(c(C)c2)Oc2cc3cc(c2O[C@@H]2O[C@H](CO)[C@@H](O)[C@H](O)[C@H]2O)Oc2ccc(cc2Cl)[C@@H](O)[C@@H]2NC(=O)[C@H](NC(=O)[C@@H]3NC1=O)c1ccc(O)c(c1)-c1c(O)cc(O)cc1[C@@H](C(=O)NCCCN(C)C)NC2=O. The number of carbonyl (C=O) groups excluding carboxylic acids is 9. The number of halogens is 1. The summed E-state index contributed by atoms with van der Waals surface area (Å²) in [7, 11) is 5.09. The van der Waals surface area contributed by atoms with Gasteiger partial charge in [-0.25, -0.2) is 4.79 Å². The summed E-state index contributed by atoms with van der Waals surface area (Å²) in [4.78, 5) is 136. The molecule has 6 heterocycles. The number of aryl methyl sites for hydroxylation is 1. The number of aromatic hydroxyl groups is 3. The number of hydrogen-bond acceptors (Lipinski definition) is 24. The van der Waals surface area contributed by atoms with E-state index in [2.05, 4.69) is 53.2 Å². The lowest BCUT2D eigenvalue weighted by atomic mass is 9.89. The van der Waals surface area contributed by atoms with Gasteiger partial charge in [0, 0.05) is 30.3 Å². The number of aliphatic hydroxyl groups is 6. The second-order valence-corrected chi connectivity index (χ2v) is 27.4. The van der Waals surface area contributed by atoms with Gasteiger partial charge in [0.05, 0.1) is 24.1 Å². The molecule has 572 valence electrons. The summed E-state index contributed by atoms with van der Waals surface area (Å²) in [6.07, 6.45) is -11.5. The van der Waals surface area contributed by atoms with Crippen molar-refractivity contribution in [2.75, 3.05) is 47.4 Å². The maximum atomic E-state index is 16.2. The predicted molar refractivity (Wildman–Crippen MR) is 378 cm³/mol. The molecule has 10 amide bonds. The molecule has 0 spiro atoms. The van der Waals surface area contributed by atoms with Gasteiger partial charge in [0.15, 0.2) is 11.5 Å². The molecule has 0 aromatic heterocycles. The molecule has 1 saturated heterocycles. The number of phenols is 3. The number of phenolic OH excluding ortho intramolecular Hbond substituents is 3. The Morgan fingerprint density at radius 3 is 1.97 bits per heavy atom. The van der Waals surface area contributed by atoms with E-state index in [-0.39, 0.29) is 75.3 Å². The Bertz CT molecular complexity index is 4110. The van der Waals surface area contributed by atoms with Crippen LogP contribution in [0.15, 0.2) is 78.9 Å². The Morgan fingerprint density at radius 2 is 1.31 bits per heavy atom. The number of nitrogens with zero attached hydrogens (tertiary/aromatic N) is 1. The van der Waals surface area contributed by atoms with Crippen molar-refractivity contribution in [1.29, 1.82) is 0 Å². The number of urea groups is 1. The lowest BCUT2D eigenvalue weighted by Gasteiger charge is -2.39. The van der Waals surface area contributed by atoms with Crippen molar-refractivity contribution in [2.45, 2.75) is 158 Å². The zero-order valence-corrected chi connectivity index (χ0v) is 59.9. The quantitative estimate of drug-likeness (QED) is 0.0490. The van der Waals surface area contributed by atoms with Crippen LogP contribution >= 0.6 is 11.6 Å². The van der Waals surface area contributed by atoms with Gasteiger partial charge in [-0.3, -0.25) is 43.7 Å². The highest BCUT2D eigenvalue weighted by Crippen LogP contribution is 2.49. The number of ether oxygens (including phenoxy) is 4. The molecule has 6 aliphatic rings. The number of benzene rings is 5. The lowest BCUT2D eigenvalue weighted by Crippen LogP contribution is -2.60. The Morgan fingerprint density at radius 1 is 0.660 bits per heavy atom. The van der Waals surface area contributed by atoms with Crippen molar-refractivity contribution in [3.8, 4) is 57.1 Å². The molecule has 19 N–H and O–H groups in total. The van der Waals surface area contributed by atoms with E-state index in [1.54, 1.807) is 14.1 Å². The second-order valence-electron chi connectivity index (χ2n) is 27.0. The zero-order valence-electron chi connectivity index (χ0n) is 59.1. The van der Waals surface area contributed by atoms with Crippen molar-refractivity contribution in [1.82, 2.24) is 58.1 Å². The molecule has 14 atom stereocenters. The van der Waals surface area contributed by atoms with Gasteiger partial charge in [-0.2, -0.15) is 0 Å². The molecule has 11 bridgehead atoms. The van der Waals surface area contributed by atoms with Crippen LogP contribution in [-0.4, -0.2) is 206 Å². The van der Waals surface area contributed by atoms with Crippen molar-refractivity contribution in [3.63, 3.8) is 0 Å². The average molecular weight is 1500 g/mol. The Balaban J connectivity index is 1.30. The molecule has 106 heavy (non-hydrogen) atoms. The molecular weight excluding hydrogens is 1410 g/mol. The summed E-state index contributed by atoms with van der Waals surface area (Å²) < 4.78 is 25.5. The third kappa shape index (κ3) is 19.0. The number of amides is 10. The largest absolute Gasteiger partial charge is 0.508 e. The molecule has 0 radical (unpaired) electrons. The van der Waals surface area contributed by atoms with Crippen molar-refractivity contribution in [2.24, 2.45) is 5.92 Å². The summed E-state index contributed by atoms with van der Waals surface area (Å²) >= 11 is 7.09. The fourth-order valence-corrected chi connectivity index (χ4v) is 12.8. The fraction of sp³-hybridized carbons (Fsp3) is 0.458. The molecule has 5 aromatic rings. The van der Waals surface area contributed by atoms with E-state index in [4.69, 9.17) is 30.5 Å². The van der Waals surface area contributed by atoms with Gasteiger partial charge in [-0.15, -0.1) is 0 Å². The van der Waals surface area contributed by atoms with E-state index < -0.39 is 197 Å². The zero-order chi connectivity index (χ0) is 77.1. The number of rotatable bonds is 20. The third-order valence-electron chi connectivity index (χ3n) is 18.3. The summed E-state index contributed by atoms with van der Waals surface area (Å²) in [6.45, 7) is 6.84. The molecule has 5 aromatic carbocycles. The van der Waals surface area contributed by atoms with Crippen LogP contribution in [0, 0.1) is 12.8 Å². The number of likely N-dealkylation sites (N-methyl/N-ethyl adjacent to an activating group) is 1. The van der Waals surface area contributed by atoms with E-state index in [9.17, 15) is 65.1 Å². The lowest BCUT2D eigenvalue weighted by molar-refractivity contribution is -0.277. The Hall–Kier alpha value is -9.94. The fourth-order valence-electron chi connectivity index (χ4n) is 12.6. The first-order valence-corrected chi connectivity index (χ1v) is 34.9. The molecule has 0 unspecified atom stereocenters. The molecular formula is C72H90ClN11O22. The normalized spacial score (nSPS) is 24.2. The van der Waals surface area contributed by atoms with Crippen LogP contribution in [0.3, 0.4) is 0 Å². The molecule has 11 rings (SSSR count). The number of aliphatic hydroxyl groups excluding tert-OH is 6. The molecule has 0 aliphatic carbocycles. The van der Waals surface area contributed by atoms with E-state index >= 15 is 24.0 Å². The highest BCUT2D eigenvalue weighted by molar-refractivity contribution is 6.32. The van der Waals surface area contributed by atoms with Crippen LogP contribution in [0.2, 0.25) is 5.02 Å². The summed E-state index contributed by atoms with van der Waals surface area (Å²) in [5.41, 5.74) is -1.93. The molecule has 33 nitrogen and oxygen atoms in total. The van der Waals surface area contributed by atoms with E-state index in [0.717, 1.165) is 67.8 Å². The Kier molecular flexibility index (Phi) is 26.8. The minimum atomic E-state index is -2.33. The minimum Gasteiger partial charge on any atom is -0.508 e. The molecule has 0 saturated carbocycles. The number of hydrogen-bond donors (Lipinski definition) is 19.